The van der Waals surface area contributed by atoms with Crippen molar-refractivity contribution >= 4 is 22.3 Å². The van der Waals surface area contributed by atoms with Gasteiger partial charge < -0.3 is 16.0 Å². The maximum atomic E-state index is 5.99. The van der Waals surface area contributed by atoms with Crippen molar-refractivity contribution in [1.82, 2.24) is 9.88 Å². The number of hydrogen-bond acceptors (Lipinski definition) is 4. The van der Waals surface area contributed by atoms with E-state index in [-0.39, 0.29) is 0 Å². The first-order valence-electron chi connectivity index (χ1n) is 7.79. The highest BCUT2D eigenvalue weighted by Crippen LogP contribution is 2.27. The van der Waals surface area contributed by atoms with Crippen molar-refractivity contribution in [3.8, 4) is 0 Å². The molecule has 0 radical (unpaired) electrons. The minimum absolute atomic E-state index is 0.742. The van der Waals surface area contributed by atoms with Crippen LogP contribution in [-0.4, -0.2) is 36.6 Å². The van der Waals surface area contributed by atoms with Crippen LogP contribution >= 0.6 is 0 Å². The first-order chi connectivity index (χ1) is 10.2. The number of nitrogens with zero attached hydrogens (tertiary/aromatic N) is 2. The topological polar surface area (TPSA) is 54.2 Å². The Morgan fingerprint density at radius 1 is 1.29 bits per heavy atom. The smallest absolute Gasteiger partial charge is 0.0951 e. The van der Waals surface area contributed by atoms with Gasteiger partial charge in [0.2, 0.25) is 0 Å². The van der Waals surface area contributed by atoms with Gasteiger partial charge in [-0.3, -0.25) is 4.98 Å². The number of nitrogens with two attached hydrogens (primary N) is 1. The van der Waals surface area contributed by atoms with Gasteiger partial charge in [-0.1, -0.05) is 0 Å². The highest BCUT2D eigenvalue weighted by molar-refractivity contribution is 5.98. The number of fused-ring (bicyclic) bond motifs is 1. The molecule has 1 saturated heterocycles. The monoisotopic (exact) mass is 284 g/mol. The maximum absolute atomic E-state index is 5.99. The Hall–Kier alpha value is -1.81. The molecule has 2 aromatic rings. The van der Waals surface area contributed by atoms with Crippen LogP contribution in [0.2, 0.25) is 0 Å². The molecule has 1 aliphatic heterocycles. The van der Waals surface area contributed by atoms with E-state index in [1.807, 2.05) is 12.1 Å². The van der Waals surface area contributed by atoms with Crippen LogP contribution in [-0.2, 0) is 0 Å². The van der Waals surface area contributed by atoms with E-state index in [9.17, 15) is 0 Å². The van der Waals surface area contributed by atoms with Crippen LogP contribution in [0.5, 0.6) is 0 Å². The highest BCUT2D eigenvalue weighted by Gasteiger charge is 2.16. The molecule has 1 aromatic heterocycles. The first kappa shape index (κ1) is 14.1. The molecule has 0 aliphatic carbocycles. The molecule has 4 nitrogen and oxygen atoms in total. The van der Waals surface area contributed by atoms with E-state index < -0.39 is 0 Å². The van der Waals surface area contributed by atoms with Gasteiger partial charge >= 0.3 is 0 Å². The molecule has 0 spiro atoms. The van der Waals surface area contributed by atoms with E-state index in [1.165, 1.54) is 32.4 Å². The van der Waals surface area contributed by atoms with E-state index in [0.29, 0.717) is 0 Å². The largest absolute Gasteiger partial charge is 0.397 e. The lowest BCUT2D eigenvalue weighted by Gasteiger charge is -2.29. The highest BCUT2D eigenvalue weighted by atomic mass is 15.1. The molecule has 4 heteroatoms. The zero-order valence-corrected chi connectivity index (χ0v) is 12.7. The fraction of sp³-hybridized carbons (Fsp3) is 0.471. The molecule has 1 aromatic carbocycles. The van der Waals surface area contributed by atoms with Gasteiger partial charge in [0.05, 0.1) is 11.2 Å². The van der Waals surface area contributed by atoms with Crippen LogP contribution in [0.4, 0.5) is 11.4 Å². The van der Waals surface area contributed by atoms with Gasteiger partial charge in [-0.15, -0.1) is 0 Å². The summed E-state index contributed by atoms with van der Waals surface area (Å²) in [6, 6.07) is 8.04. The summed E-state index contributed by atoms with van der Waals surface area (Å²) in [7, 11) is 2.21. The Kier molecular flexibility index (Phi) is 4.25. The number of nitrogen functional groups attached to an aromatic ring is 1. The van der Waals surface area contributed by atoms with Gasteiger partial charge in [0.25, 0.3) is 0 Å². The Bertz CT molecular complexity index is 603. The number of rotatable bonds is 4. The third-order valence-corrected chi connectivity index (χ3v) is 4.51. The summed E-state index contributed by atoms with van der Waals surface area (Å²) < 4.78 is 0. The predicted octanol–water partition coefficient (Wildman–Crippen LogP) is 2.96. The predicted molar refractivity (Wildman–Crippen MR) is 89.5 cm³/mol. The van der Waals surface area contributed by atoms with Crippen molar-refractivity contribution in [1.29, 1.82) is 0 Å². The zero-order chi connectivity index (χ0) is 14.7. The van der Waals surface area contributed by atoms with E-state index in [2.05, 4.69) is 34.4 Å². The standard InChI is InChI=1S/C17H24N4/c1-21-11-7-13(8-12-21)6-10-19-16-5-4-15(18)17-14(16)3-2-9-20-17/h2-5,9,13,19H,6-8,10-12,18H2,1H3. The van der Waals surface area contributed by atoms with E-state index >= 15 is 0 Å². The molecule has 3 N–H and O–H groups in total. The van der Waals surface area contributed by atoms with E-state index in [0.717, 1.165) is 34.7 Å². The quantitative estimate of drug-likeness (QED) is 0.848. The third-order valence-electron chi connectivity index (χ3n) is 4.51. The second-order valence-electron chi connectivity index (χ2n) is 6.06. The summed E-state index contributed by atoms with van der Waals surface area (Å²) in [6.07, 6.45) is 5.67. The Morgan fingerprint density at radius 3 is 2.90 bits per heavy atom. The number of hydrogen-bond donors (Lipinski definition) is 2. The van der Waals surface area contributed by atoms with E-state index in [4.69, 9.17) is 5.73 Å². The summed E-state index contributed by atoms with van der Waals surface area (Å²) in [4.78, 5) is 6.80. The minimum atomic E-state index is 0.742. The van der Waals surface area contributed by atoms with Gasteiger partial charge in [0.15, 0.2) is 0 Å². The normalized spacial score (nSPS) is 17.2. The molecule has 0 amide bonds. The SMILES string of the molecule is CN1CCC(CCNc2ccc(N)c3ncccc23)CC1. The second kappa shape index (κ2) is 6.31. The summed E-state index contributed by atoms with van der Waals surface area (Å²) in [5.41, 5.74) is 8.76. The lowest BCUT2D eigenvalue weighted by Crippen LogP contribution is -2.30. The Balaban J connectivity index is 1.62. The molecule has 1 aliphatic rings. The molecule has 0 atom stereocenters. The third kappa shape index (κ3) is 3.27. The number of pyridine rings is 1. The summed E-state index contributed by atoms with van der Waals surface area (Å²) in [6.45, 7) is 3.49. The Labute approximate surface area is 126 Å². The summed E-state index contributed by atoms with van der Waals surface area (Å²) >= 11 is 0. The molecule has 112 valence electrons. The van der Waals surface area contributed by atoms with Crippen LogP contribution in [0.25, 0.3) is 10.9 Å². The summed E-state index contributed by atoms with van der Waals surface area (Å²) in [5.74, 6) is 0.854. The molecular formula is C17H24N4. The molecule has 0 bridgehead atoms. The molecule has 0 saturated carbocycles. The Morgan fingerprint density at radius 2 is 2.10 bits per heavy atom. The number of anilines is 2. The van der Waals surface area contributed by atoms with Crippen molar-refractivity contribution in [2.24, 2.45) is 5.92 Å². The van der Waals surface area contributed by atoms with Crippen LogP contribution in [0.3, 0.4) is 0 Å². The van der Waals surface area contributed by atoms with Gasteiger partial charge in [-0.2, -0.15) is 0 Å². The van der Waals surface area contributed by atoms with Gasteiger partial charge in [0.1, 0.15) is 0 Å². The maximum Gasteiger partial charge on any atom is 0.0951 e. The fourth-order valence-corrected chi connectivity index (χ4v) is 3.11. The van der Waals surface area contributed by atoms with Gasteiger partial charge in [-0.25, -0.2) is 0 Å². The number of likely N-dealkylation sites (tertiary alicyclic amines) is 1. The molecule has 2 heterocycles. The van der Waals surface area contributed by atoms with Crippen LogP contribution in [0.1, 0.15) is 19.3 Å². The molecule has 1 fully saturated rings. The number of piperidine rings is 1. The zero-order valence-electron chi connectivity index (χ0n) is 12.7. The molecule has 3 rings (SSSR count). The number of nitrogens with one attached hydrogen (secondary N) is 1. The average molecular weight is 284 g/mol. The van der Waals surface area contributed by atoms with Crippen molar-refractivity contribution in [3.63, 3.8) is 0 Å². The van der Waals surface area contributed by atoms with Gasteiger partial charge in [0, 0.05) is 23.8 Å². The fourth-order valence-electron chi connectivity index (χ4n) is 3.11. The molecule has 0 unspecified atom stereocenters. The lowest BCUT2D eigenvalue weighted by atomic mass is 9.94. The van der Waals surface area contributed by atoms with Crippen LogP contribution < -0.4 is 11.1 Å². The number of benzene rings is 1. The van der Waals surface area contributed by atoms with Crippen molar-refractivity contribution in [3.05, 3.63) is 30.5 Å². The molecule has 21 heavy (non-hydrogen) atoms. The van der Waals surface area contributed by atoms with Crippen molar-refractivity contribution in [2.45, 2.75) is 19.3 Å². The minimum Gasteiger partial charge on any atom is -0.397 e. The van der Waals surface area contributed by atoms with Crippen molar-refractivity contribution < 1.29 is 0 Å². The summed E-state index contributed by atoms with van der Waals surface area (Å²) in [5, 5.41) is 4.68. The number of aromatic nitrogens is 1. The van der Waals surface area contributed by atoms with E-state index in [1.54, 1.807) is 6.20 Å². The molecular weight excluding hydrogens is 260 g/mol. The van der Waals surface area contributed by atoms with Crippen LogP contribution in [0.15, 0.2) is 30.5 Å². The van der Waals surface area contributed by atoms with Crippen molar-refractivity contribution in [2.75, 3.05) is 37.7 Å². The van der Waals surface area contributed by atoms with Crippen LogP contribution in [0, 0.1) is 5.92 Å². The second-order valence-corrected chi connectivity index (χ2v) is 6.06. The lowest BCUT2D eigenvalue weighted by molar-refractivity contribution is 0.215. The van der Waals surface area contributed by atoms with Gasteiger partial charge in [-0.05, 0) is 69.6 Å². The average Bonchev–Trinajstić information content (AvgIpc) is 2.52. The first-order valence-corrected chi connectivity index (χ1v) is 7.79.